The second kappa shape index (κ2) is 7.17. The number of nitrogens with two attached hydrogens (primary N) is 1. The van der Waals surface area contributed by atoms with Gasteiger partial charge in [-0.3, -0.25) is 0 Å². The first-order valence-electron chi connectivity index (χ1n) is 7.00. The molecule has 0 aliphatic carbocycles. The highest BCUT2D eigenvalue weighted by molar-refractivity contribution is 8.00. The van der Waals surface area contributed by atoms with Crippen LogP contribution in [0, 0.1) is 0 Å². The molecule has 0 saturated heterocycles. The summed E-state index contributed by atoms with van der Waals surface area (Å²) in [5.41, 5.74) is 7.23. The summed E-state index contributed by atoms with van der Waals surface area (Å²) in [4.78, 5) is 4.01. The average molecular weight is 264 g/mol. The van der Waals surface area contributed by atoms with E-state index in [1.54, 1.807) is 0 Å². The van der Waals surface area contributed by atoms with Crippen LogP contribution in [0.5, 0.6) is 0 Å². The Bertz CT molecular complexity index is 342. The molecule has 1 aliphatic heterocycles. The van der Waals surface area contributed by atoms with Gasteiger partial charge < -0.3 is 10.6 Å². The molecule has 1 atom stereocenters. The van der Waals surface area contributed by atoms with E-state index < -0.39 is 0 Å². The number of rotatable bonds is 7. The first-order valence-corrected chi connectivity index (χ1v) is 7.88. The Hall–Kier alpha value is -0.510. The Kier molecular flexibility index (Phi) is 5.54. The smallest absolute Gasteiger partial charge is 0.0263 e. The molecule has 0 bridgehead atoms. The maximum Gasteiger partial charge on any atom is 0.0263 e. The minimum atomic E-state index is 0.714. The first-order chi connectivity index (χ1) is 8.83. The van der Waals surface area contributed by atoms with Gasteiger partial charge in [-0.25, -0.2) is 0 Å². The molecule has 3 heteroatoms. The third-order valence-electron chi connectivity index (χ3n) is 3.45. The van der Waals surface area contributed by atoms with Crippen LogP contribution in [0.3, 0.4) is 0 Å². The number of benzene rings is 1. The molecule has 1 heterocycles. The summed E-state index contributed by atoms with van der Waals surface area (Å²) in [6.45, 7) is 6.43. The highest BCUT2D eigenvalue weighted by Crippen LogP contribution is 2.36. The zero-order chi connectivity index (χ0) is 12.8. The minimum Gasteiger partial charge on any atom is -0.329 e. The number of thioether (sulfide) groups is 1. The molecule has 1 aliphatic rings. The van der Waals surface area contributed by atoms with Crippen molar-refractivity contribution in [3.8, 4) is 0 Å². The lowest BCUT2D eigenvalue weighted by Crippen LogP contribution is -2.35. The van der Waals surface area contributed by atoms with Crippen molar-refractivity contribution in [2.45, 2.75) is 36.3 Å². The molecule has 0 saturated carbocycles. The average Bonchev–Trinajstić information content (AvgIpc) is 2.78. The Labute approximate surface area is 115 Å². The molecule has 100 valence electrons. The summed E-state index contributed by atoms with van der Waals surface area (Å²) >= 11 is 2.04. The van der Waals surface area contributed by atoms with Crippen LogP contribution in [0.15, 0.2) is 29.2 Å². The lowest BCUT2D eigenvalue weighted by molar-refractivity contribution is 0.277. The van der Waals surface area contributed by atoms with Crippen molar-refractivity contribution in [1.29, 1.82) is 0 Å². The van der Waals surface area contributed by atoms with Crippen LogP contribution in [0.4, 0.5) is 0 Å². The first kappa shape index (κ1) is 13.9. The van der Waals surface area contributed by atoms with Crippen molar-refractivity contribution in [3.05, 3.63) is 29.8 Å². The molecule has 1 unspecified atom stereocenters. The van der Waals surface area contributed by atoms with Crippen molar-refractivity contribution in [3.63, 3.8) is 0 Å². The number of hydrogen-bond donors (Lipinski definition) is 1. The van der Waals surface area contributed by atoms with Gasteiger partial charge in [-0.2, -0.15) is 0 Å². The molecule has 1 aromatic carbocycles. The summed E-state index contributed by atoms with van der Waals surface area (Å²) in [5.74, 6) is 0. The zero-order valence-electron chi connectivity index (χ0n) is 11.3. The van der Waals surface area contributed by atoms with Crippen LogP contribution in [0.1, 0.15) is 25.3 Å². The summed E-state index contributed by atoms with van der Waals surface area (Å²) in [7, 11) is 0. The van der Waals surface area contributed by atoms with Crippen LogP contribution >= 0.6 is 11.8 Å². The van der Waals surface area contributed by atoms with Gasteiger partial charge in [-0.05, 0) is 31.0 Å². The normalized spacial score (nSPS) is 18.3. The number of hydrogen-bond acceptors (Lipinski definition) is 3. The van der Waals surface area contributed by atoms with Gasteiger partial charge in [-0.15, -0.1) is 11.8 Å². The zero-order valence-corrected chi connectivity index (χ0v) is 12.1. The van der Waals surface area contributed by atoms with E-state index in [1.807, 2.05) is 11.8 Å². The fourth-order valence-electron chi connectivity index (χ4n) is 2.50. The SMILES string of the molecule is CCCCN(CCN)CC1Cc2ccccc2S1. The molecule has 1 aromatic rings. The summed E-state index contributed by atoms with van der Waals surface area (Å²) in [6, 6.07) is 8.81. The van der Waals surface area contributed by atoms with Gasteiger partial charge in [0.1, 0.15) is 0 Å². The molecule has 0 spiro atoms. The Morgan fingerprint density at radius 3 is 2.89 bits per heavy atom. The van der Waals surface area contributed by atoms with E-state index in [-0.39, 0.29) is 0 Å². The number of nitrogens with zero attached hydrogens (tertiary/aromatic N) is 1. The third kappa shape index (κ3) is 3.74. The van der Waals surface area contributed by atoms with Crippen LogP contribution < -0.4 is 5.73 Å². The summed E-state index contributed by atoms with van der Waals surface area (Å²) < 4.78 is 0. The third-order valence-corrected chi connectivity index (χ3v) is 4.75. The summed E-state index contributed by atoms with van der Waals surface area (Å²) in [5, 5.41) is 0.714. The molecule has 2 nitrogen and oxygen atoms in total. The Morgan fingerprint density at radius 2 is 2.17 bits per heavy atom. The van der Waals surface area contributed by atoms with Gasteiger partial charge in [0, 0.05) is 29.8 Å². The minimum absolute atomic E-state index is 0.714. The van der Waals surface area contributed by atoms with Gasteiger partial charge in [-0.1, -0.05) is 31.5 Å². The molecular weight excluding hydrogens is 240 g/mol. The molecule has 0 amide bonds. The topological polar surface area (TPSA) is 29.3 Å². The fourth-order valence-corrected chi connectivity index (χ4v) is 3.87. The molecule has 2 N–H and O–H groups in total. The monoisotopic (exact) mass is 264 g/mol. The summed E-state index contributed by atoms with van der Waals surface area (Å²) in [6.07, 6.45) is 3.76. The van der Waals surface area contributed by atoms with Crippen molar-refractivity contribution >= 4 is 11.8 Å². The predicted molar refractivity (Wildman–Crippen MR) is 80.2 cm³/mol. The molecular formula is C15H24N2S. The lowest BCUT2D eigenvalue weighted by atomic mass is 10.1. The van der Waals surface area contributed by atoms with Crippen LogP contribution in [0.25, 0.3) is 0 Å². The molecule has 2 rings (SSSR count). The van der Waals surface area contributed by atoms with E-state index in [9.17, 15) is 0 Å². The highest BCUT2D eigenvalue weighted by atomic mass is 32.2. The fraction of sp³-hybridized carbons (Fsp3) is 0.600. The van der Waals surface area contributed by atoms with Gasteiger partial charge in [0.25, 0.3) is 0 Å². The molecule has 18 heavy (non-hydrogen) atoms. The van der Waals surface area contributed by atoms with Crippen molar-refractivity contribution in [2.75, 3.05) is 26.2 Å². The quantitative estimate of drug-likeness (QED) is 0.821. The maximum atomic E-state index is 5.71. The largest absolute Gasteiger partial charge is 0.329 e. The van der Waals surface area contributed by atoms with E-state index in [0.717, 1.165) is 13.1 Å². The standard InChI is InChI=1S/C15H24N2S/c1-2-3-9-17(10-8-16)12-14-11-13-6-4-5-7-15(13)18-14/h4-7,14H,2-3,8-12,16H2,1H3. The van der Waals surface area contributed by atoms with Crippen molar-refractivity contribution in [2.24, 2.45) is 5.73 Å². The van der Waals surface area contributed by atoms with Gasteiger partial charge in [0.2, 0.25) is 0 Å². The van der Waals surface area contributed by atoms with Gasteiger partial charge in [0.15, 0.2) is 0 Å². The van der Waals surface area contributed by atoms with Crippen molar-refractivity contribution < 1.29 is 0 Å². The van der Waals surface area contributed by atoms with Crippen LogP contribution in [-0.4, -0.2) is 36.3 Å². The van der Waals surface area contributed by atoms with Crippen molar-refractivity contribution in [1.82, 2.24) is 4.90 Å². The molecule has 0 fully saturated rings. The predicted octanol–water partition coefficient (Wildman–Crippen LogP) is 2.76. The number of unbranched alkanes of at least 4 members (excludes halogenated alkanes) is 1. The van der Waals surface area contributed by atoms with E-state index in [2.05, 4.69) is 36.1 Å². The van der Waals surface area contributed by atoms with Gasteiger partial charge >= 0.3 is 0 Å². The Balaban J connectivity index is 1.86. The van der Waals surface area contributed by atoms with E-state index in [4.69, 9.17) is 5.73 Å². The second-order valence-electron chi connectivity index (χ2n) is 4.99. The van der Waals surface area contributed by atoms with Crippen LogP contribution in [0.2, 0.25) is 0 Å². The van der Waals surface area contributed by atoms with E-state index in [1.165, 1.54) is 42.8 Å². The molecule has 0 radical (unpaired) electrons. The second-order valence-corrected chi connectivity index (χ2v) is 6.34. The Morgan fingerprint density at radius 1 is 1.33 bits per heavy atom. The lowest BCUT2D eigenvalue weighted by Gasteiger charge is -2.24. The maximum absolute atomic E-state index is 5.71. The highest BCUT2D eigenvalue weighted by Gasteiger charge is 2.23. The van der Waals surface area contributed by atoms with E-state index in [0.29, 0.717) is 5.25 Å². The van der Waals surface area contributed by atoms with E-state index >= 15 is 0 Å². The number of fused-ring (bicyclic) bond motifs is 1. The molecule has 0 aromatic heterocycles. The van der Waals surface area contributed by atoms with Crippen LogP contribution in [-0.2, 0) is 6.42 Å². The van der Waals surface area contributed by atoms with Gasteiger partial charge in [0.05, 0.1) is 0 Å².